The number of methoxy groups -OCH3 is 2. The molecule has 0 aliphatic heterocycles. The zero-order chi connectivity index (χ0) is 12.2. The SMILES string of the molecule is COC(=O)[C@](C)(N)Cc1ccc(OC)cc1.Cl. The number of benzene rings is 1. The molecule has 0 bridgehead atoms. The van der Waals surface area contributed by atoms with Crippen LogP contribution in [0.3, 0.4) is 0 Å². The highest BCUT2D eigenvalue weighted by Gasteiger charge is 2.29. The molecule has 0 aromatic heterocycles. The Hall–Kier alpha value is -1.26. The lowest BCUT2D eigenvalue weighted by atomic mass is 9.94. The molecule has 1 atom stereocenters. The molecule has 0 saturated carbocycles. The molecule has 4 nitrogen and oxygen atoms in total. The molecule has 0 heterocycles. The van der Waals surface area contributed by atoms with Gasteiger partial charge in [-0.2, -0.15) is 0 Å². The van der Waals surface area contributed by atoms with Crippen LogP contribution in [0, 0.1) is 0 Å². The van der Waals surface area contributed by atoms with Gasteiger partial charge in [-0.3, -0.25) is 4.79 Å². The quantitative estimate of drug-likeness (QED) is 0.834. The minimum absolute atomic E-state index is 0. The van der Waals surface area contributed by atoms with Crippen molar-refractivity contribution in [3.63, 3.8) is 0 Å². The van der Waals surface area contributed by atoms with Crippen molar-refractivity contribution in [1.82, 2.24) is 0 Å². The zero-order valence-corrected chi connectivity index (χ0v) is 11.0. The van der Waals surface area contributed by atoms with Crippen LogP contribution in [-0.4, -0.2) is 25.7 Å². The van der Waals surface area contributed by atoms with Gasteiger partial charge in [0.15, 0.2) is 0 Å². The van der Waals surface area contributed by atoms with Crippen LogP contribution in [0.2, 0.25) is 0 Å². The number of carbonyl (C=O) groups is 1. The van der Waals surface area contributed by atoms with Gasteiger partial charge in [-0.25, -0.2) is 0 Å². The zero-order valence-electron chi connectivity index (χ0n) is 10.2. The maximum Gasteiger partial charge on any atom is 0.325 e. The topological polar surface area (TPSA) is 61.5 Å². The van der Waals surface area contributed by atoms with E-state index in [1.165, 1.54) is 7.11 Å². The molecule has 0 saturated heterocycles. The molecule has 0 aliphatic rings. The standard InChI is InChI=1S/C12H17NO3.ClH/c1-12(13,11(14)16-3)8-9-4-6-10(15-2)7-5-9;/h4-7H,8,13H2,1-3H3;1H/t12-;/m1./s1. The van der Waals surface area contributed by atoms with E-state index in [1.807, 2.05) is 24.3 Å². The molecule has 1 aromatic rings. The van der Waals surface area contributed by atoms with Crippen molar-refractivity contribution in [1.29, 1.82) is 0 Å². The summed E-state index contributed by atoms with van der Waals surface area (Å²) in [6.07, 6.45) is 0.434. The monoisotopic (exact) mass is 259 g/mol. The molecule has 1 aromatic carbocycles. The fourth-order valence-electron chi connectivity index (χ4n) is 1.47. The van der Waals surface area contributed by atoms with Crippen LogP contribution in [0.5, 0.6) is 5.75 Å². The highest BCUT2D eigenvalue weighted by Crippen LogP contribution is 2.16. The number of hydrogen-bond acceptors (Lipinski definition) is 4. The van der Waals surface area contributed by atoms with Crippen molar-refractivity contribution in [3.8, 4) is 5.75 Å². The smallest absolute Gasteiger partial charge is 0.325 e. The predicted molar refractivity (Wildman–Crippen MR) is 68.6 cm³/mol. The molecule has 0 fully saturated rings. The van der Waals surface area contributed by atoms with E-state index in [4.69, 9.17) is 10.5 Å². The molecule has 1 rings (SSSR count). The Balaban J connectivity index is 0.00000256. The molecule has 96 valence electrons. The molecule has 2 N–H and O–H groups in total. The summed E-state index contributed by atoms with van der Waals surface area (Å²) < 4.78 is 9.69. The summed E-state index contributed by atoms with van der Waals surface area (Å²) >= 11 is 0. The highest BCUT2D eigenvalue weighted by atomic mass is 35.5. The summed E-state index contributed by atoms with van der Waals surface area (Å²) in [5.41, 5.74) is 5.84. The van der Waals surface area contributed by atoms with Crippen LogP contribution in [0.25, 0.3) is 0 Å². The van der Waals surface area contributed by atoms with Crippen molar-refractivity contribution in [2.75, 3.05) is 14.2 Å². The van der Waals surface area contributed by atoms with E-state index in [9.17, 15) is 4.79 Å². The number of ether oxygens (including phenoxy) is 2. The van der Waals surface area contributed by atoms with Crippen molar-refractivity contribution in [2.45, 2.75) is 18.9 Å². The van der Waals surface area contributed by atoms with E-state index in [2.05, 4.69) is 4.74 Å². The molecular weight excluding hydrogens is 242 g/mol. The molecule has 0 radical (unpaired) electrons. The fraction of sp³-hybridized carbons (Fsp3) is 0.417. The van der Waals surface area contributed by atoms with Crippen LogP contribution in [0.1, 0.15) is 12.5 Å². The average Bonchev–Trinajstić information content (AvgIpc) is 2.28. The Kier molecular flexibility index (Phi) is 5.99. The van der Waals surface area contributed by atoms with Gasteiger partial charge < -0.3 is 15.2 Å². The van der Waals surface area contributed by atoms with Gasteiger partial charge in [0.05, 0.1) is 14.2 Å². The van der Waals surface area contributed by atoms with E-state index in [0.717, 1.165) is 11.3 Å². The summed E-state index contributed by atoms with van der Waals surface area (Å²) in [4.78, 5) is 11.4. The average molecular weight is 260 g/mol. The van der Waals surface area contributed by atoms with Crippen molar-refractivity contribution in [3.05, 3.63) is 29.8 Å². The van der Waals surface area contributed by atoms with Gasteiger partial charge in [-0.1, -0.05) is 12.1 Å². The number of carbonyl (C=O) groups excluding carboxylic acids is 1. The minimum atomic E-state index is -0.997. The molecule has 0 unspecified atom stereocenters. The third-order valence-electron chi connectivity index (χ3n) is 2.38. The first kappa shape index (κ1) is 15.7. The Morgan fingerprint density at radius 2 is 1.82 bits per heavy atom. The molecular formula is C12H18ClNO3. The van der Waals surface area contributed by atoms with Crippen molar-refractivity contribution in [2.24, 2.45) is 5.73 Å². The predicted octanol–water partition coefficient (Wildman–Crippen LogP) is 1.55. The Morgan fingerprint density at radius 1 is 1.29 bits per heavy atom. The number of rotatable bonds is 4. The molecule has 17 heavy (non-hydrogen) atoms. The van der Waals surface area contributed by atoms with Gasteiger partial charge in [-0.15, -0.1) is 12.4 Å². The van der Waals surface area contributed by atoms with E-state index in [1.54, 1.807) is 14.0 Å². The number of halogens is 1. The van der Waals surface area contributed by atoms with Crippen molar-refractivity contribution >= 4 is 18.4 Å². The van der Waals surface area contributed by atoms with Crippen molar-refractivity contribution < 1.29 is 14.3 Å². The van der Waals surface area contributed by atoms with E-state index in [-0.39, 0.29) is 12.4 Å². The second-order valence-electron chi connectivity index (χ2n) is 3.93. The first-order valence-corrected chi connectivity index (χ1v) is 5.00. The van der Waals surface area contributed by atoms with Gasteiger partial charge in [0.25, 0.3) is 0 Å². The summed E-state index contributed by atoms with van der Waals surface area (Å²) in [6, 6.07) is 7.44. The highest BCUT2D eigenvalue weighted by molar-refractivity contribution is 5.85. The van der Waals surface area contributed by atoms with E-state index >= 15 is 0 Å². The molecule has 0 aliphatic carbocycles. The van der Waals surface area contributed by atoms with Gasteiger partial charge in [0, 0.05) is 6.42 Å². The largest absolute Gasteiger partial charge is 0.497 e. The summed E-state index contributed by atoms with van der Waals surface area (Å²) in [6.45, 7) is 1.66. The maximum absolute atomic E-state index is 11.4. The third-order valence-corrected chi connectivity index (χ3v) is 2.38. The van der Waals surface area contributed by atoms with E-state index in [0.29, 0.717) is 6.42 Å². The summed E-state index contributed by atoms with van der Waals surface area (Å²) in [5.74, 6) is 0.365. The van der Waals surface area contributed by atoms with E-state index < -0.39 is 11.5 Å². The van der Waals surface area contributed by atoms with Gasteiger partial charge in [0.2, 0.25) is 0 Å². The lowest BCUT2D eigenvalue weighted by Crippen LogP contribution is -2.47. The molecule has 0 spiro atoms. The van der Waals surface area contributed by atoms with Gasteiger partial charge >= 0.3 is 5.97 Å². The van der Waals surface area contributed by atoms with Crippen LogP contribution >= 0.6 is 12.4 Å². The number of hydrogen-bond donors (Lipinski definition) is 1. The summed E-state index contributed by atoms with van der Waals surface area (Å²) in [5, 5.41) is 0. The summed E-state index contributed by atoms with van der Waals surface area (Å²) in [7, 11) is 2.94. The molecule has 0 amide bonds. The Bertz CT molecular complexity index is 363. The Morgan fingerprint density at radius 3 is 2.24 bits per heavy atom. The van der Waals surface area contributed by atoms with Crippen LogP contribution < -0.4 is 10.5 Å². The first-order chi connectivity index (χ1) is 7.49. The van der Waals surface area contributed by atoms with Gasteiger partial charge in [-0.05, 0) is 24.6 Å². The molecule has 5 heteroatoms. The number of esters is 1. The normalized spacial score (nSPS) is 13.2. The third kappa shape index (κ3) is 4.24. The first-order valence-electron chi connectivity index (χ1n) is 5.00. The van der Waals surface area contributed by atoms with Crippen LogP contribution in [0.4, 0.5) is 0 Å². The van der Waals surface area contributed by atoms with Crippen LogP contribution in [-0.2, 0) is 16.0 Å². The second-order valence-corrected chi connectivity index (χ2v) is 3.93. The number of nitrogens with two attached hydrogens (primary N) is 1. The minimum Gasteiger partial charge on any atom is -0.497 e. The lowest BCUT2D eigenvalue weighted by Gasteiger charge is -2.21. The Labute approximate surface area is 108 Å². The van der Waals surface area contributed by atoms with Gasteiger partial charge in [0.1, 0.15) is 11.3 Å². The second kappa shape index (κ2) is 6.47. The van der Waals surface area contributed by atoms with Crippen LogP contribution in [0.15, 0.2) is 24.3 Å². The lowest BCUT2D eigenvalue weighted by molar-refractivity contribution is -0.146. The fourth-order valence-corrected chi connectivity index (χ4v) is 1.47. The maximum atomic E-state index is 11.4.